The van der Waals surface area contributed by atoms with Crippen LogP contribution in [0.15, 0.2) is 36.4 Å². The number of para-hydroxylation sites is 1. The molecule has 0 aliphatic carbocycles. The van der Waals surface area contributed by atoms with Crippen molar-refractivity contribution >= 4 is 29.1 Å². The number of thiocarbonyl (C=S) groups is 1. The van der Waals surface area contributed by atoms with Gasteiger partial charge in [-0.3, -0.25) is 0 Å². The van der Waals surface area contributed by atoms with Gasteiger partial charge in [0, 0.05) is 24.7 Å². The Bertz CT molecular complexity index is 806. The zero-order chi connectivity index (χ0) is 20.1. The maximum Gasteiger partial charge on any atom is 0.234 e. The van der Waals surface area contributed by atoms with E-state index in [2.05, 4.69) is 48.2 Å². The van der Waals surface area contributed by atoms with Crippen LogP contribution in [0.4, 0.5) is 11.8 Å². The van der Waals surface area contributed by atoms with E-state index in [4.69, 9.17) is 21.9 Å². The Kier molecular flexibility index (Phi) is 6.34. The zero-order valence-corrected chi connectivity index (χ0v) is 17.8. The highest BCUT2D eigenvalue weighted by molar-refractivity contribution is 7.80. The predicted molar refractivity (Wildman–Crippen MR) is 118 cm³/mol. The molecule has 2 aromatic rings. The molecular formula is C21H29N5OS. The summed E-state index contributed by atoms with van der Waals surface area (Å²) in [6.45, 7) is 10.4. The number of hydrogen-bond donors (Lipinski definition) is 2. The Hall–Kier alpha value is -2.41. The van der Waals surface area contributed by atoms with Gasteiger partial charge in [-0.15, -0.1) is 0 Å². The second-order valence-corrected chi connectivity index (χ2v) is 8.73. The minimum atomic E-state index is -0.145. The van der Waals surface area contributed by atoms with E-state index in [1.54, 1.807) is 0 Å². The molecule has 0 spiro atoms. The fourth-order valence-electron chi connectivity index (χ4n) is 3.16. The number of nitrogens with zero attached hydrogens (tertiary/aromatic N) is 3. The molecule has 150 valence electrons. The molecule has 1 fully saturated rings. The van der Waals surface area contributed by atoms with Crippen LogP contribution in [0, 0.1) is 5.92 Å². The van der Waals surface area contributed by atoms with Crippen molar-refractivity contribution in [2.45, 2.75) is 46.1 Å². The van der Waals surface area contributed by atoms with Gasteiger partial charge in [-0.25, -0.2) is 0 Å². The van der Waals surface area contributed by atoms with Gasteiger partial charge in [0.15, 0.2) is 5.11 Å². The maximum atomic E-state index is 5.98. The molecule has 7 heteroatoms. The molecule has 1 aromatic heterocycles. The van der Waals surface area contributed by atoms with Gasteiger partial charge in [0.05, 0.1) is 0 Å². The molecule has 0 bridgehead atoms. The molecule has 3 rings (SSSR count). The largest absolute Gasteiger partial charge is 0.439 e. The van der Waals surface area contributed by atoms with Gasteiger partial charge in [0.25, 0.3) is 0 Å². The lowest BCUT2D eigenvalue weighted by Gasteiger charge is -2.32. The average molecular weight is 400 g/mol. The molecule has 1 saturated heterocycles. The van der Waals surface area contributed by atoms with E-state index in [0.717, 1.165) is 31.1 Å². The number of anilines is 2. The number of ether oxygens (including phenoxy) is 1. The molecule has 1 aliphatic rings. The number of rotatable bonds is 4. The lowest BCUT2D eigenvalue weighted by molar-refractivity contribution is 0.440. The maximum absolute atomic E-state index is 5.98. The predicted octanol–water partition coefficient (Wildman–Crippen LogP) is 4.59. The highest BCUT2D eigenvalue weighted by atomic mass is 32.1. The third-order valence-electron chi connectivity index (χ3n) is 4.35. The van der Waals surface area contributed by atoms with Crippen LogP contribution in [0.2, 0.25) is 0 Å². The van der Waals surface area contributed by atoms with Crippen LogP contribution in [0.1, 0.15) is 40.5 Å². The van der Waals surface area contributed by atoms with Crippen molar-refractivity contribution in [2.75, 3.05) is 23.3 Å². The van der Waals surface area contributed by atoms with Crippen LogP contribution in [-0.4, -0.2) is 33.7 Å². The summed E-state index contributed by atoms with van der Waals surface area (Å²) in [6.07, 6.45) is 2.41. The summed E-state index contributed by atoms with van der Waals surface area (Å²) in [7, 11) is 0. The molecule has 2 heterocycles. The number of benzene rings is 1. The molecule has 1 aromatic carbocycles. The Morgan fingerprint density at radius 1 is 1.21 bits per heavy atom. The van der Waals surface area contributed by atoms with Gasteiger partial charge in [0.1, 0.15) is 11.6 Å². The van der Waals surface area contributed by atoms with Crippen molar-refractivity contribution in [3.63, 3.8) is 0 Å². The van der Waals surface area contributed by atoms with E-state index in [1.165, 1.54) is 6.42 Å². The first kappa shape index (κ1) is 20.3. The third kappa shape index (κ3) is 6.05. The SMILES string of the molecule is C[C@@H]1CCCN(c2cc(Oc3ccccc3)nc(NC(=S)NC(C)(C)C)n2)C1. The number of aromatic nitrogens is 2. The van der Waals surface area contributed by atoms with Crippen LogP contribution in [0.3, 0.4) is 0 Å². The van der Waals surface area contributed by atoms with Crippen molar-refractivity contribution in [1.82, 2.24) is 15.3 Å². The molecular weight excluding hydrogens is 370 g/mol. The van der Waals surface area contributed by atoms with E-state index < -0.39 is 0 Å². The van der Waals surface area contributed by atoms with E-state index >= 15 is 0 Å². The monoisotopic (exact) mass is 399 g/mol. The summed E-state index contributed by atoms with van der Waals surface area (Å²) < 4.78 is 5.98. The molecule has 28 heavy (non-hydrogen) atoms. The van der Waals surface area contributed by atoms with Crippen molar-refractivity contribution in [3.05, 3.63) is 36.4 Å². The van der Waals surface area contributed by atoms with Crippen molar-refractivity contribution in [1.29, 1.82) is 0 Å². The summed E-state index contributed by atoms with van der Waals surface area (Å²) in [5.41, 5.74) is -0.145. The smallest absolute Gasteiger partial charge is 0.234 e. The summed E-state index contributed by atoms with van der Waals surface area (Å²) >= 11 is 5.42. The Balaban J connectivity index is 1.86. The normalized spacial score (nSPS) is 17.1. The second kappa shape index (κ2) is 8.73. The van der Waals surface area contributed by atoms with E-state index in [-0.39, 0.29) is 5.54 Å². The minimum Gasteiger partial charge on any atom is -0.439 e. The van der Waals surface area contributed by atoms with Crippen molar-refractivity contribution < 1.29 is 4.74 Å². The van der Waals surface area contributed by atoms with Crippen molar-refractivity contribution in [2.24, 2.45) is 5.92 Å². The van der Waals surface area contributed by atoms with Crippen LogP contribution >= 0.6 is 12.2 Å². The highest BCUT2D eigenvalue weighted by Gasteiger charge is 2.20. The summed E-state index contributed by atoms with van der Waals surface area (Å²) in [4.78, 5) is 11.5. The number of piperidine rings is 1. The number of nitrogens with one attached hydrogen (secondary N) is 2. The van der Waals surface area contributed by atoms with Gasteiger partial charge in [-0.1, -0.05) is 25.1 Å². The number of hydrogen-bond acceptors (Lipinski definition) is 5. The molecule has 1 atom stereocenters. The Labute approximate surface area is 172 Å². The Morgan fingerprint density at radius 2 is 1.96 bits per heavy atom. The Morgan fingerprint density at radius 3 is 2.64 bits per heavy atom. The summed E-state index contributed by atoms with van der Waals surface area (Å²) in [6, 6.07) is 11.5. The topological polar surface area (TPSA) is 62.3 Å². The third-order valence-corrected chi connectivity index (χ3v) is 4.55. The van der Waals surface area contributed by atoms with Gasteiger partial charge in [-0.2, -0.15) is 9.97 Å². The fraction of sp³-hybridized carbons (Fsp3) is 0.476. The van der Waals surface area contributed by atoms with Crippen LogP contribution < -0.4 is 20.3 Å². The van der Waals surface area contributed by atoms with Crippen molar-refractivity contribution in [3.8, 4) is 11.6 Å². The van der Waals surface area contributed by atoms with Gasteiger partial charge in [-0.05, 0) is 63.9 Å². The average Bonchev–Trinajstić information content (AvgIpc) is 2.60. The fourth-order valence-corrected chi connectivity index (χ4v) is 3.56. The van der Waals surface area contributed by atoms with Crippen LogP contribution in [0.25, 0.3) is 0 Å². The lowest BCUT2D eigenvalue weighted by atomic mass is 10.0. The molecule has 6 nitrogen and oxygen atoms in total. The zero-order valence-electron chi connectivity index (χ0n) is 17.0. The van der Waals surface area contributed by atoms with E-state index in [0.29, 0.717) is 22.9 Å². The van der Waals surface area contributed by atoms with Gasteiger partial charge >= 0.3 is 0 Å². The molecule has 0 radical (unpaired) electrons. The van der Waals surface area contributed by atoms with E-state index in [9.17, 15) is 0 Å². The molecule has 2 N–H and O–H groups in total. The first-order chi connectivity index (χ1) is 13.3. The van der Waals surface area contributed by atoms with Gasteiger partial charge in [0.2, 0.25) is 11.8 Å². The van der Waals surface area contributed by atoms with Gasteiger partial charge < -0.3 is 20.3 Å². The molecule has 0 saturated carbocycles. The first-order valence-corrected chi connectivity index (χ1v) is 10.2. The molecule has 0 amide bonds. The molecule has 1 aliphatic heterocycles. The first-order valence-electron chi connectivity index (χ1n) is 9.74. The second-order valence-electron chi connectivity index (χ2n) is 8.33. The standard InChI is InChI=1S/C21H29N5OS/c1-15-9-8-12-26(14-15)17-13-18(27-16-10-6-5-7-11-16)23-19(22-17)24-20(28)25-21(2,3)4/h5-7,10-11,13,15H,8-9,12,14H2,1-4H3,(H2,22,23,24,25,28)/t15-/m1/s1. The summed E-state index contributed by atoms with van der Waals surface area (Å²) in [5, 5.41) is 6.82. The van der Waals surface area contributed by atoms with E-state index in [1.807, 2.05) is 36.4 Å². The molecule has 0 unspecified atom stereocenters. The highest BCUT2D eigenvalue weighted by Crippen LogP contribution is 2.27. The van der Waals surface area contributed by atoms with Crippen LogP contribution in [0.5, 0.6) is 11.6 Å². The van der Waals surface area contributed by atoms with Crippen LogP contribution in [-0.2, 0) is 0 Å². The lowest BCUT2D eigenvalue weighted by Crippen LogP contribution is -2.43. The summed E-state index contributed by atoms with van der Waals surface area (Å²) in [5.74, 6) is 3.16. The minimum absolute atomic E-state index is 0.145. The quantitative estimate of drug-likeness (QED) is 0.729.